The Balaban J connectivity index is 0.000000171. The molecule has 4 aliphatic rings. The summed E-state index contributed by atoms with van der Waals surface area (Å²) in [6.45, 7) is 0.539. The van der Waals surface area contributed by atoms with Gasteiger partial charge in [0.15, 0.2) is 0 Å². The van der Waals surface area contributed by atoms with Crippen LogP contribution in [0.5, 0.6) is 5.75 Å². The van der Waals surface area contributed by atoms with Crippen LogP contribution in [0.2, 0.25) is 0 Å². The lowest BCUT2D eigenvalue weighted by molar-refractivity contribution is -0.138. The molecule has 1 aromatic heterocycles. The smallest absolute Gasteiger partial charge is 0.416 e. The van der Waals surface area contributed by atoms with Gasteiger partial charge in [0.05, 0.1) is 49.7 Å². The lowest BCUT2D eigenvalue weighted by Gasteiger charge is -2.45. The third-order valence-corrected chi connectivity index (χ3v) is 10.8. The number of halogens is 6. The van der Waals surface area contributed by atoms with E-state index in [-0.39, 0.29) is 42.0 Å². The van der Waals surface area contributed by atoms with Gasteiger partial charge in [-0.2, -0.15) is 24.5 Å². The van der Waals surface area contributed by atoms with E-state index in [0.717, 1.165) is 41.8 Å². The number of phenolic OH excluding ortho intramolecular Hbond substituents is 1. The predicted molar refractivity (Wildman–Crippen MR) is 184 cm³/mol. The van der Waals surface area contributed by atoms with Gasteiger partial charge >= 0.3 is 6.18 Å². The molecule has 2 saturated heterocycles. The number of thiophene rings is 1. The molecule has 0 radical (unpaired) electrons. The van der Waals surface area contributed by atoms with Gasteiger partial charge in [0.1, 0.15) is 5.75 Å². The van der Waals surface area contributed by atoms with E-state index >= 15 is 0 Å². The van der Waals surface area contributed by atoms with E-state index in [4.69, 9.17) is 9.47 Å². The Morgan fingerprint density at radius 3 is 2.22 bits per heavy atom. The highest BCUT2D eigenvalue weighted by molar-refractivity contribution is 7.08. The first-order valence-electron chi connectivity index (χ1n) is 16.8. The average Bonchev–Trinajstić information content (AvgIpc) is 3.69. The summed E-state index contributed by atoms with van der Waals surface area (Å²) in [6, 6.07) is 17.5. The molecule has 13 heteroatoms. The standard InChI is InChI=1S/C20H20F3NO3.C17H17F2NOS.CH3F/c21-20(22,23)12-4-7-17-16(9-12)19-15(6-5-14(10-25)27-19)18(24-17)11-2-1-3-13(26)8-11;18-17(19)10-3-4-14-13(8-10)16-12(2-1-6-21-16)15(20-14)11-5-7-22-9-11;1-2/h1-4,7-9,14-15,18-19,24-26H,5-6,10H2;3-5,7-9,12,15-17,20H,1-2,6H2;1H3/t14?,15?,18-,19?;12?,15-,16?;/m00./s1. The number of phenols is 1. The van der Waals surface area contributed by atoms with Crippen LogP contribution in [0.4, 0.5) is 37.7 Å². The van der Waals surface area contributed by atoms with E-state index in [1.807, 2.05) is 6.07 Å². The molecular weight excluding hydrogens is 694 g/mol. The van der Waals surface area contributed by atoms with Gasteiger partial charge in [0.25, 0.3) is 6.43 Å². The molecule has 7 atom stereocenters. The van der Waals surface area contributed by atoms with Crippen molar-refractivity contribution < 1.29 is 46.0 Å². The van der Waals surface area contributed by atoms with E-state index in [2.05, 4.69) is 27.5 Å². The lowest BCUT2D eigenvalue weighted by atomic mass is 9.76. The second-order valence-electron chi connectivity index (χ2n) is 13.0. The molecule has 0 saturated carbocycles. The molecule has 3 aromatic carbocycles. The SMILES string of the molecule is CF.FC(F)c1ccc2c(c1)C1OCCCC1[C@H](c1ccsc1)N2.OCC1CCC2C(O1)c1cc(C(F)(F)F)ccc1N[C@H]2c1cccc(O)c1. The van der Waals surface area contributed by atoms with Crippen LogP contribution in [0.15, 0.2) is 77.5 Å². The maximum Gasteiger partial charge on any atom is 0.416 e. The van der Waals surface area contributed by atoms with Gasteiger partial charge in [0, 0.05) is 46.5 Å². The maximum atomic E-state index is 13.2. The molecule has 0 spiro atoms. The van der Waals surface area contributed by atoms with Gasteiger partial charge in [-0.25, -0.2) is 8.78 Å². The zero-order valence-corrected chi connectivity index (χ0v) is 28.6. The largest absolute Gasteiger partial charge is 0.508 e. The molecule has 8 rings (SSSR count). The van der Waals surface area contributed by atoms with Crippen LogP contribution < -0.4 is 10.6 Å². The lowest BCUT2D eigenvalue weighted by Crippen LogP contribution is -2.40. The first-order valence-corrected chi connectivity index (χ1v) is 17.8. The van der Waals surface area contributed by atoms with E-state index in [0.29, 0.717) is 43.8 Å². The monoisotopic (exact) mass is 734 g/mol. The second-order valence-corrected chi connectivity index (χ2v) is 13.8. The number of aliphatic hydroxyl groups is 1. The summed E-state index contributed by atoms with van der Waals surface area (Å²) in [5.41, 5.74) is 4.31. The molecule has 6 nitrogen and oxygen atoms in total. The number of rotatable bonds is 4. The van der Waals surface area contributed by atoms with Gasteiger partial charge in [-0.05, 0) is 96.1 Å². The molecule has 0 aliphatic carbocycles. The number of aliphatic hydroxyl groups excluding tert-OH is 1. The van der Waals surface area contributed by atoms with Crippen molar-refractivity contribution >= 4 is 22.7 Å². The van der Waals surface area contributed by atoms with Crippen molar-refractivity contribution in [2.75, 3.05) is 31.0 Å². The molecule has 0 bridgehead atoms. The van der Waals surface area contributed by atoms with E-state index in [9.17, 15) is 36.6 Å². The molecule has 51 heavy (non-hydrogen) atoms. The fourth-order valence-corrected chi connectivity index (χ4v) is 8.42. The van der Waals surface area contributed by atoms with Gasteiger partial charge in [-0.15, -0.1) is 0 Å². The highest BCUT2D eigenvalue weighted by Gasteiger charge is 2.44. The summed E-state index contributed by atoms with van der Waals surface area (Å²) in [6.07, 6.45) is -4.52. The number of anilines is 2. The Morgan fingerprint density at radius 1 is 0.843 bits per heavy atom. The highest BCUT2D eigenvalue weighted by atomic mass is 32.1. The number of hydrogen-bond donors (Lipinski definition) is 4. The topological polar surface area (TPSA) is 83.0 Å². The van der Waals surface area contributed by atoms with Crippen molar-refractivity contribution in [2.24, 2.45) is 11.8 Å². The summed E-state index contributed by atoms with van der Waals surface area (Å²) in [4.78, 5) is 0. The van der Waals surface area contributed by atoms with Crippen LogP contribution in [0.25, 0.3) is 0 Å². The quantitative estimate of drug-likeness (QED) is 0.156. The number of fused-ring (bicyclic) bond motifs is 6. The number of aromatic hydroxyl groups is 1. The van der Waals surface area contributed by atoms with E-state index < -0.39 is 30.4 Å². The molecule has 4 aromatic rings. The van der Waals surface area contributed by atoms with Crippen LogP contribution in [0.1, 0.15) is 89.8 Å². The van der Waals surface area contributed by atoms with Gasteiger partial charge in [-0.1, -0.05) is 18.2 Å². The molecule has 4 N–H and O–H groups in total. The summed E-state index contributed by atoms with van der Waals surface area (Å²) >= 11 is 1.68. The van der Waals surface area contributed by atoms with Crippen molar-refractivity contribution in [3.63, 3.8) is 0 Å². The van der Waals surface area contributed by atoms with Crippen LogP contribution in [-0.2, 0) is 15.7 Å². The zero-order chi connectivity index (χ0) is 36.3. The maximum absolute atomic E-state index is 13.2. The van der Waals surface area contributed by atoms with Gasteiger partial charge in [-0.3, -0.25) is 4.39 Å². The molecule has 5 unspecified atom stereocenters. The number of nitrogens with one attached hydrogen (secondary N) is 2. The summed E-state index contributed by atoms with van der Waals surface area (Å²) in [5.74, 6) is 0.323. The Kier molecular flexibility index (Phi) is 11.5. The normalized spacial score (nSPS) is 26.3. The Labute approximate surface area is 296 Å². The number of benzene rings is 3. The summed E-state index contributed by atoms with van der Waals surface area (Å²) in [5, 5.41) is 30.4. The van der Waals surface area contributed by atoms with Crippen LogP contribution in [-0.4, -0.2) is 36.7 Å². The third-order valence-electron chi connectivity index (χ3n) is 10.1. The minimum absolute atomic E-state index is 0.0717. The fraction of sp³-hybridized carbons (Fsp3) is 0.421. The number of hydrogen-bond acceptors (Lipinski definition) is 7. The summed E-state index contributed by atoms with van der Waals surface area (Å²) in [7, 11) is 0.500. The van der Waals surface area contributed by atoms with Crippen molar-refractivity contribution in [2.45, 2.75) is 68.7 Å². The third kappa shape index (κ3) is 7.86. The Morgan fingerprint density at radius 2 is 1.55 bits per heavy atom. The van der Waals surface area contributed by atoms with Crippen molar-refractivity contribution in [3.8, 4) is 5.75 Å². The number of ether oxygens (including phenoxy) is 2. The van der Waals surface area contributed by atoms with Gasteiger partial charge < -0.3 is 30.3 Å². The van der Waals surface area contributed by atoms with Crippen LogP contribution in [0.3, 0.4) is 0 Å². The van der Waals surface area contributed by atoms with E-state index in [1.54, 1.807) is 41.7 Å². The van der Waals surface area contributed by atoms with E-state index in [1.165, 1.54) is 17.7 Å². The highest BCUT2D eigenvalue weighted by Crippen LogP contribution is 2.52. The van der Waals surface area contributed by atoms with Crippen molar-refractivity contribution in [3.05, 3.63) is 111 Å². The minimum atomic E-state index is -4.43. The van der Waals surface area contributed by atoms with Crippen LogP contribution >= 0.6 is 11.3 Å². The Bertz CT molecular complexity index is 1760. The molecule has 4 aliphatic heterocycles. The fourth-order valence-electron chi connectivity index (χ4n) is 7.72. The van der Waals surface area contributed by atoms with Crippen molar-refractivity contribution in [1.82, 2.24) is 0 Å². The summed E-state index contributed by atoms with van der Waals surface area (Å²) < 4.78 is 87.0. The number of alkyl halides is 6. The Hall–Kier alpha value is -3.78. The molecule has 274 valence electrons. The first-order chi connectivity index (χ1) is 24.6. The molecule has 2 fully saturated rings. The minimum Gasteiger partial charge on any atom is -0.508 e. The molecular formula is C38H40F6N2O4S. The zero-order valence-electron chi connectivity index (χ0n) is 27.8. The van der Waals surface area contributed by atoms with Crippen molar-refractivity contribution in [1.29, 1.82) is 0 Å². The average molecular weight is 735 g/mol. The molecule has 5 heterocycles. The first kappa shape index (κ1) is 37.0. The van der Waals surface area contributed by atoms with Gasteiger partial charge in [0.2, 0.25) is 0 Å². The predicted octanol–water partition coefficient (Wildman–Crippen LogP) is 10.3. The van der Waals surface area contributed by atoms with Crippen LogP contribution in [0, 0.1) is 11.8 Å². The molecule has 0 amide bonds. The second kappa shape index (κ2) is 15.9.